The largest absolute Gasteiger partial charge is 0.462 e. The first kappa shape index (κ1) is 16.8. The van der Waals surface area contributed by atoms with Crippen molar-refractivity contribution in [3.05, 3.63) is 23.9 Å². The molecular weight excluding hydrogens is 272 g/mol. The van der Waals surface area contributed by atoms with Crippen LogP contribution in [0.15, 0.2) is 18.3 Å². The zero-order valence-corrected chi connectivity index (χ0v) is 13.5. The maximum absolute atomic E-state index is 11.5. The van der Waals surface area contributed by atoms with Crippen molar-refractivity contribution in [2.24, 2.45) is 0 Å². The van der Waals surface area contributed by atoms with Crippen LogP contribution in [0.4, 0.5) is 5.82 Å². The number of hydrogen-bond acceptors (Lipinski definition) is 5. The number of nitrogens with zero attached hydrogens (tertiary/aromatic N) is 1. The highest BCUT2D eigenvalue weighted by Crippen LogP contribution is 2.30. The molecule has 4 nitrogen and oxygen atoms in total. The van der Waals surface area contributed by atoms with Gasteiger partial charge in [0.1, 0.15) is 5.82 Å². The lowest BCUT2D eigenvalue weighted by molar-refractivity contribution is 0.0526. The summed E-state index contributed by atoms with van der Waals surface area (Å²) in [6, 6.07) is 3.56. The van der Waals surface area contributed by atoms with Crippen LogP contribution in [0.25, 0.3) is 0 Å². The third kappa shape index (κ3) is 4.40. The van der Waals surface area contributed by atoms with Crippen LogP contribution in [0.2, 0.25) is 0 Å². The number of aromatic nitrogens is 1. The number of thioether (sulfide) groups is 1. The van der Waals surface area contributed by atoms with Crippen LogP contribution >= 0.6 is 11.8 Å². The second-order valence-corrected chi connectivity index (χ2v) is 5.87. The van der Waals surface area contributed by atoms with E-state index < -0.39 is 0 Å². The minimum atomic E-state index is -0.327. The molecule has 0 radical (unpaired) electrons. The van der Waals surface area contributed by atoms with Crippen LogP contribution in [0, 0.1) is 0 Å². The van der Waals surface area contributed by atoms with Crippen molar-refractivity contribution in [1.29, 1.82) is 0 Å². The van der Waals surface area contributed by atoms with Crippen molar-refractivity contribution >= 4 is 23.5 Å². The minimum Gasteiger partial charge on any atom is -0.462 e. The summed E-state index contributed by atoms with van der Waals surface area (Å²) in [4.78, 5) is 15.8. The molecule has 1 aromatic heterocycles. The normalized spacial score (nSPS) is 11.2. The van der Waals surface area contributed by atoms with Crippen LogP contribution < -0.4 is 5.32 Å². The molecule has 0 saturated carbocycles. The van der Waals surface area contributed by atoms with E-state index in [4.69, 9.17) is 4.74 Å². The average molecular weight is 296 g/mol. The third-order valence-corrected chi connectivity index (χ3v) is 5.18. The predicted molar refractivity (Wildman–Crippen MR) is 85.5 cm³/mol. The summed E-state index contributed by atoms with van der Waals surface area (Å²) < 4.78 is 5.17. The van der Waals surface area contributed by atoms with Gasteiger partial charge in [-0.3, -0.25) is 0 Å². The van der Waals surface area contributed by atoms with Gasteiger partial charge in [0.05, 0.1) is 12.2 Å². The van der Waals surface area contributed by atoms with E-state index in [2.05, 4.69) is 30.4 Å². The highest BCUT2D eigenvalue weighted by atomic mass is 32.2. The molecule has 0 aliphatic rings. The second-order valence-electron chi connectivity index (χ2n) is 4.60. The molecule has 0 aliphatic carbocycles. The van der Waals surface area contributed by atoms with E-state index in [0.29, 0.717) is 12.2 Å². The highest BCUT2D eigenvalue weighted by Gasteiger charge is 2.24. The van der Waals surface area contributed by atoms with Gasteiger partial charge >= 0.3 is 5.97 Å². The number of esters is 1. The Hall–Kier alpha value is -1.23. The SMILES string of the molecule is CCOC(=O)c1ccc(NCC(CC)(CC)SC)nc1. The van der Waals surface area contributed by atoms with Gasteiger partial charge in [-0.1, -0.05) is 13.8 Å². The maximum Gasteiger partial charge on any atom is 0.339 e. The summed E-state index contributed by atoms with van der Waals surface area (Å²) in [6.07, 6.45) is 5.92. The fourth-order valence-electron chi connectivity index (χ4n) is 1.95. The van der Waals surface area contributed by atoms with Gasteiger partial charge in [0.25, 0.3) is 0 Å². The Kier molecular flexibility index (Phi) is 6.85. The molecule has 0 spiro atoms. The number of carbonyl (C=O) groups excluding carboxylic acids is 1. The molecule has 1 aromatic rings. The number of hydrogen-bond donors (Lipinski definition) is 1. The summed E-state index contributed by atoms with van der Waals surface area (Å²) in [7, 11) is 0. The fraction of sp³-hybridized carbons (Fsp3) is 0.600. The van der Waals surface area contributed by atoms with Crippen LogP contribution in [0.1, 0.15) is 44.0 Å². The molecule has 20 heavy (non-hydrogen) atoms. The first-order valence-electron chi connectivity index (χ1n) is 7.03. The Labute approximate surface area is 125 Å². The van der Waals surface area contributed by atoms with Crippen molar-refractivity contribution in [2.45, 2.75) is 38.4 Å². The molecule has 0 aliphatic heterocycles. The summed E-state index contributed by atoms with van der Waals surface area (Å²) >= 11 is 1.89. The van der Waals surface area contributed by atoms with E-state index in [0.717, 1.165) is 25.2 Å². The molecule has 0 amide bonds. The Morgan fingerprint density at radius 1 is 1.35 bits per heavy atom. The van der Waals surface area contributed by atoms with Crippen molar-refractivity contribution in [3.63, 3.8) is 0 Å². The lowest BCUT2D eigenvalue weighted by atomic mass is 10.0. The molecule has 0 fully saturated rings. The lowest BCUT2D eigenvalue weighted by Gasteiger charge is -2.30. The van der Waals surface area contributed by atoms with Gasteiger partial charge in [-0.25, -0.2) is 9.78 Å². The molecule has 0 atom stereocenters. The number of nitrogens with one attached hydrogen (secondary N) is 1. The van der Waals surface area contributed by atoms with Gasteiger partial charge in [-0.2, -0.15) is 11.8 Å². The Bertz CT molecular complexity index is 408. The van der Waals surface area contributed by atoms with Crippen LogP contribution in [-0.2, 0) is 4.74 Å². The molecule has 0 bridgehead atoms. The number of anilines is 1. The quantitative estimate of drug-likeness (QED) is 0.743. The summed E-state index contributed by atoms with van der Waals surface area (Å²) in [5, 5.41) is 3.35. The molecule has 5 heteroatoms. The van der Waals surface area contributed by atoms with Crippen LogP contribution in [-0.4, -0.2) is 35.1 Å². The van der Waals surface area contributed by atoms with E-state index in [9.17, 15) is 4.79 Å². The van der Waals surface area contributed by atoms with E-state index >= 15 is 0 Å². The van der Waals surface area contributed by atoms with E-state index in [1.807, 2.05) is 17.8 Å². The van der Waals surface area contributed by atoms with E-state index in [1.165, 1.54) is 0 Å². The van der Waals surface area contributed by atoms with Gasteiger partial charge in [-0.15, -0.1) is 0 Å². The first-order valence-corrected chi connectivity index (χ1v) is 8.25. The van der Waals surface area contributed by atoms with Crippen molar-refractivity contribution < 1.29 is 9.53 Å². The smallest absolute Gasteiger partial charge is 0.339 e. The topological polar surface area (TPSA) is 51.2 Å². The van der Waals surface area contributed by atoms with Crippen LogP contribution in [0.3, 0.4) is 0 Å². The van der Waals surface area contributed by atoms with Crippen molar-refractivity contribution in [3.8, 4) is 0 Å². The summed E-state index contributed by atoms with van der Waals surface area (Å²) in [6.45, 7) is 7.45. The molecule has 1 rings (SSSR count). The maximum atomic E-state index is 11.5. The van der Waals surface area contributed by atoms with E-state index in [-0.39, 0.29) is 10.7 Å². The van der Waals surface area contributed by atoms with E-state index in [1.54, 1.807) is 19.2 Å². The van der Waals surface area contributed by atoms with Gasteiger partial charge in [0, 0.05) is 17.5 Å². The molecule has 1 N–H and O–H groups in total. The molecular formula is C15H24N2O2S. The molecule has 0 aromatic carbocycles. The van der Waals surface area contributed by atoms with Gasteiger partial charge in [0.2, 0.25) is 0 Å². The third-order valence-electron chi connectivity index (χ3n) is 3.59. The average Bonchev–Trinajstić information content (AvgIpc) is 2.50. The van der Waals surface area contributed by atoms with Gasteiger partial charge < -0.3 is 10.1 Å². The fourth-order valence-corrected chi connectivity index (χ4v) is 2.74. The lowest BCUT2D eigenvalue weighted by Crippen LogP contribution is -2.32. The monoisotopic (exact) mass is 296 g/mol. The second kappa shape index (κ2) is 8.15. The predicted octanol–water partition coefficient (Wildman–Crippen LogP) is 3.59. The molecule has 112 valence electrons. The standard InChI is InChI=1S/C15H24N2O2S/c1-5-15(6-2,20-4)11-17-13-9-8-12(10-16-13)14(18)19-7-3/h8-10H,5-7,11H2,1-4H3,(H,16,17). The highest BCUT2D eigenvalue weighted by molar-refractivity contribution is 8.00. The molecule has 0 unspecified atom stereocenters. The van der Waals surface area contributed by atoms with Crippen molar-refractivity contribution in [2.75, 3.05) is 24.7 Å². The summed E-state index contributed by atoms with van der Waals surface area (Å²) in [5.41, 5.74) is 0.486. The minimum absolute atomic E-state index is 0.238. The number of ether oxygens (including phenoxy) is 1. The zero-order valence-electron chi connectivity index (χ0n) is 12.7. The zero-order chi connectivity index (χ0) is 15.0. The Morgan fingerprint density at radius 3 is 2.50 bits per heavy atom. The molecule has 0 saturated heterocycles. The van der Waals surface area contributed by atoms with Gasteiger partial charge in [-0.05, 0) is 38.2 Å². The Morgan fingerprint density at radius 2 is 2.05 bits per heavy atom. The number of carbonyl (C=O) groups is 1. The Balaban J connectivity index is 2.64. The van der Waals surface area contributed by atoms with Crippen molar-refractivity contribution in [1.82, 2.24) is 4.98 Å². The number of rotatable bonds is 8. The first-order chi connectivity index (χ1) is 9.60. The summed E-state index contributed by atoms with van der Waals surface area (Å²) in [5.74, 6) is 0.463. The number of pyridine rings is 1. The van der Waals surface area contributed by atoms with Crippen LogP contribution in [0.5, 0.6) is 0 Å². The molecule has 1 heterocycles. The van der Waals surface area contributed by atoms with Gasteiger partial charge in [0.15, 0.2) is 0 Å².